The van der Waals surface area contributed by atoms with Crippen LogP contribution >= 0.6 is 0 Å². The summed E-state index contributed by atoms with van der Waals surface area (Å²) in [6.07, 6.45) is 4.50. The predicted molar refractivity (Wildman–Crippen MR) is 86.5 cm³/mol. The van der Waals surface area contributed by atoms with E-state index in [1.54, 1.807) is 25.3 Å². The maximum absolute atomic E-state index is 9.04. The van der Waals surface area contributed by atoms with Crippen molar-refractivity contribution < 1.29 is 15.0 Å². The Kier molecular flexibility index (Phi) is 10.4. The maximum atomic E-state index is 9.04. The molecule has 0 spiro atoms. The van der Waals surface area contributed by atoms with Gasteiger partial charge in [0, 0.05) is 18.1 Å². The predicted octanol–water partition coefficient (Wildman–Crippen LogP) is 1.78. The smallest absolute Gasteiger partial charge is 0.106 e. The number of pyridine rings is 2. The minimum absolute atomic E-state index is 0.0967. The summed E-state index contributed by atoms with van der Waals surface area (Å²) in [6, 6.07) is 11.4. The molecule has 22 heavy (non-hydrogen) atoms. The third kappa shape index (κ3) is 6.56. The number of aliphatic hydroxyl groups excluding tert-OH is 2. The van der Waals surface area contributed by atoms with Gasteiger partial charge in [0.2, 0.25) is 0 Å². The fourth-order valence-electron chi connectivity index (χ4n) is 1.54. The van der Waals surface area contributed by atoms with Crippen molar-refractivity contribution in [2.45, 2.75) is 25.7 Å². The van der Waals surface area contributed by atoms with Gasteiger partial charge >= 0.3 is 0 Å². The molecule has 2 heterocycles. The van der Waals surface area contributed by atoms with E-state index >= 15 is 0 Å². The molecule has 2 N–H and O–H groups in total. The first kappa shape index (κ1) is 19.9. The average molecular weight is 304 g/mol. The monoisotopic (exact) mass is 304 g/mol. The van der Waals surface area contributed by atoms with Crippen LogP contribution in [0.4, 0.5) is 0 Å². The highest BCUT2D eigenvalue weighted by molar-refractivity contribution is 5.15. The summed E-state index contributed by atoms with van der Waals surface area (Å²) < 4.78 is 0. The van der Waals surface area contributed by atoms with Crippen molar-refractivity contribution in [3.05, 3.63) is 60.2 Å². The largest absolute Gasteiger partial charge is 0.395 e. The molecule has 0 aliphatic heterocycles. The van der Waals surface area contributed by atoms with E-state index in [-0.39, 0.29) is 13.2 Å². The third-order valence-corrected chi connectivity index (χ3v) is 3.07. The van der Waals surface area contributed by atoms with Crippen LogP contribution in [0.15, 0.2) is 48.8 Å². The average Bonchev–Trinajstić information content (AvgIpc) is 2.64. The molecule has 0 amide bonds. The lowest BCUT2D eigenvalue weighted by molar-refractivity contribution is -0.0979. The first-order valence-electron chi connectivity index (χ1n) is 6.98. The van der Waals surface area contributed by atoms with E-state index in [9.17, 15) is 0 Å². The second-order valence-electron chi connectivity index (χ2n) is 4.77. The highest BCUT2D eigenvalue weighted by Crippen LogP contribution is 2.19. The molecule has 2 aromatic rings. The van der Waals surface area contributed by atoms with Gasteiger partial charge in [-0.25, -0.2) is 0 Å². The van der Waals surface area contributed by atoms with Crippen LogP contribution < -0.4 is 0 Å². The van der Waals surface area contributed by atoms with Crippen LogP contribution in [0.1, 0.15) is 25.2 Å². The van der Waals surface area contributed by atoms with Gasteiger partial charge in [-0.05, 0) is 37.6 Å². The number of hydrogen-bond acceptors (Lipinski definition) is 5. The molecule has 0 fully saturated rings. The van der Waals surface area contributed by atoms with E-state index in [0.717, 1.165) is 17.8 Å². The van der Waals surface area contributed by atoms with Crippen LogP contribution in [0.3, 0.4) is 0 Å². The summed E-state index contributed by atoms with van der Waals surface area (Å²) in [5, 5.41) is 18.1. The van der Waals surface area contributed by atoms with E-state index in [1.807, 2.05) is 37.3 Å². The fraction of sp³-hybridized carbons (Fsp3) is 0.353. The Morgan fingerprint density at radius 3 is 1.86 bits per heavy atom. The summed E-state index contributed by atoms with van der Waals surface area (Å²) in [5.41, 5.74) is 1.25. The quantitative estimate of drug-likeness (QED) is 0.899. The topological polar surface area (TPSA) is 83.3 Å². The van der Waals surface area contributed by atoms with Gasteiger partial charge < -0.3 is 15.0 Å². The van der Waals surface area contributed by atoms with E-state index in [1.165, 1.54) is 0 Å². The van der Waals surface area contributed by atoms with Crippen molar-refractivity contribution in [1.82, 2.24) is 9.97 Å². The van der Waals surface area contributed by atoms with Gasteiger partial charge in [0.25, 0.3) is 0 Å². The highest BCUT2D eigenvalue weighted by atomic mass is 16.3. The maximum Gasteiger partial charge on any atom is 0.106 e. The Bertz CT molecular complexity index is 488. The van der Waals surface area contributed by atoms with E-state index in [4.69, 9.17) is 15.0 Å². The molecule has 2 aromatic heterocycles. The standard InChI is InChI=1S/C9H13NO2.C7H9N.CH2O/c1-9(6-11,7-12)8-4-2-3-5-10-8;1-2-7-5-3-4-6-8-7;1-2/h2-5,11-12H,6-7H2,1H3;3-6H,2H2,1H3;1H2. The van der Waals surface area contributed by atoms with Gasteiger partial charge in [0.05, 0.1) is 24.3 Å². The highest BCUT2D eigenvalue weighted by Gasteiger charge is 2.25. The summed E-state index contributed by atoms with van der Waals surface area (Å²) in [4.78, 5) is 16.2. The Morgan fingerprint density at radius 2 is 1.55 bits per heavy atom. The zero-order valence-electron chi connectivity index (χ0n) is 13.1. The van der Waals surface area contributed by atoms with Gasteiger partial charge in [-0.1, -0.05) is 19.1 Å². The number of carbonyl (C=O) groups is 1. The minimum Gasteiger partial charge on any atom is -0.395 e. The summed E-state index contributed by atoms with van der Waals surface area (Å²) >= 11 is 0. The van der Waals surface area contributed by atoms with Gasteiger partial charge in [0.1, 0.15) is 6.79 Å². The molecular weight excluding hydrogens is 280 g/mol. The Balaban J connectivity index is 0.000000382. The molecule has 0 aliphatic carbocycles. The van der Waals surface area contributed by atoms with Gasteiger partial charge in [-0.2, -0.15) is 0 Å². The number of rotatable bonds is 4. The van der Waals surface area contributed by atoms with Gasteiger partial charge in [-0.15, -0.1) is 0 Å². The summed E-state index contributed by atoms with van der Waals surface area (Å²) in [5.74, 6) is 0. The lowest BCUT2D eigenvalue weighted by Gasteiger charge is -2.23. The molecule has 120 valence electrons. The normalized spacial score (nSPS) is 9.82. The van der Waals surface area contributed by atoms with Crippen molar-refractivity contribution in [2.75, 3.05) is 13.2 Å². The molecular formula is C17H24N2O3. The lowest BCUT2D eigenvalue weighted by Crippen LogP contribution is -2.31. The number of nitrogens with zero attached hydrogens (tertiary/aromatic N) is 2. The molecule has 0 aromatic carbocycles. The minimum atomic E-state index is -0.624. The zero-order chi connectivity index (χ0) is 16.8. The Labute approximate surface area is 131 Å². The summed E-state index contributed by atoms with van der Waals surface area (Å²) in [7, 11) is 0. The van der Waals surface area contributed by atoms with Crippen molar-refractivity contribution >= 4 is 6.79 Å². The molecule has 0 saturated carbocycles. The van der Waals surface area contributed by atoms with Crippen LogP contribution in [-0.4, -0.2) is 40.2 Å². The molecule has 0 unspecified atom stereocenters. The molecule has 5 heteroatoms. The molecule has 0 bridgehead atoms. The Morgan fingerprint density at radius 1 is 1.00 bits per heavy atom. The zero-order valence-corrected chi connectivity index (χ0v) is 13.1. The molecule has 0 aliphatic rings. The third-order valence-electron chi connectivity index (χ3n) is 3.07. The first-order chi connectivity index (χ1) is 10.7. The second kappa shape index (κ2) is 11.5. The number of hydrogen-bond donors (Lipinski definition) is 2. The number of aromatic nitrogens is 2. The van der Waals surface area contributed by atoms with Gasteiger partial charge in [-0.3, -0.25) is 9.97 Å². The van der Waals surface area contributed by atoms with Crippen molar-refractivity contribution in [2.24, 2.45) is 0 Å². The Hall–Kier alpha value is -2.11. The van der Waals surface area contributed by atoms with E-state index < -0.39 is 5.41 Å². The van der Waals surface area contributed by atoms with Crippen LogP contribution in [0.25, 0.3) is 0 Å². The van der Waals surface area contributed by atoms with E-state index in [0.29, 0.717) is 0 Å². The van der Waals surface area contributed by atoms with Crippen LogP contribution in [0.2, 0.25) is 0 Å². The molecule has 5 nitrogen and oxygen atoms in total. The number of aryl methyl sites for hydroxylation is 1. The SMILES string of the molecule is C=O.CC(CO)(CO)c1ccccn1.CCc1ccccn1. The molecule has 2 rings (SSSR count). The van der Waals surface area contributed by atoms with Gasteiger partial charge in [0.15, 0.2) is 0 Å². The van der Waals surface area contributed by atoms with Crippen LogP contribution in [0, 0.1) is 0 Å². The molecule has 0 atom stereocenters. The fourth-order valence-corrected chi connectivity index (χ4v) is 1.54. The van der Waals surface area contributed by atoms with Crippen molar-refractivity contribution in [1.29, 1.82) is 0 Å². The number of aliphatic hydroxyl groups is 2. The second-order valence-corrected chi connectivity index (χ2v) is 4.77. The van der Waals surface area contributed by atoms with Crippen molar-refractivity contribution in [3.63, 3.8) is 0 Å². The van der Waals surface area contributed by atoms with E-state index in [2.05, 4.69) is 16.9 Å². The summed E-state index contributed by atoms with van der Waals surface area (Å²) in [6.45, 7) is 5.68. The van der Waals surface area contributed by atoms with Crippen molar-refractivity contribution in [3.8, 4) is 0 Å². The lowest BCUT2D eigenvalue weighted by atomic mass is 9.88. The number of carbonyl (C=O) groups excluding carboxylic acids is 1. The first-order valence-corrected chi connectivity index (χ1v) is 6.98. The van der Waals surface area contributed by atoms with Crippen LogP contribution in [-0.2, 0) is 16.6 Å². The molecule has 0 radical (unpaired) electrons. The van der Waals surface area contributed by atoms with Crippen LogP contribution in [0.5, 0.6) is 0 Å². The molecule has 0 saturated heterocycles.